The van der Waals surface area contributed by atoms with E-state index in [9.17, 15) is 14.4 Å². The van der Waals surface area contributed by atoms with Gasteiger partial charge in [0, 0.05) is 32.2 Å². The van der Waals surface area contributed by atoms with Crippen LogP contribution in [-0.2, 0) is 14.4 Å². The summed E-state index contributed by atoms with van der Waals surface area (Å²) in [7, 11) is 0. The Morgan fingerprint density at radius 3 is 2.28 bits per heavy atom. The first-order chi connectivity index (χ1) is 8.43. The Morgan fingerprint density at radius 2 is 1.83 bits per heavy atom. The molecule has 0 spiro atoms. The molecule has 1 saturated heterocycles. The molecule has 0 unspecified atom stereocenters. The van der Waals surface area contributed by atoms with Crippen molar-refractivity contribution in [3.05, 3.63) is 0 Å². The van der Waals surface area contributed by atoms with Gasteiger partial charge in [-0.05, 0) is 13.8 Å². The molecule has 0 aromatic heterocycles. The lowest BCUT2D eigenvalue weighted by atomic mass is 10.2. The standard InChI is InChI=1S/C11H20N4O3/c1-8(2)15(7-9(12)16)11(18)10(17)14-5-3-13-4-6-14/h8,13H,3-7H2,1-2H3,(H2,12,16). The second-order valence-electron chi connectivity index (χ2n) is 4.54. The van der Waals surface area contributed by atoms with Crippen molar-refractivity contribution in [2.24, 2.45) is 5.73 Å². The van der Waals surface area contributed by atoms with Gasteiger partial charge in [0.05, 0.1) is 0 Å². The molecule has 0 bridgehead atoms. The Hall–Kier alpha value is -1.63. The highest BCUT2D eigenvalue weighted by atomic mass is 16.2. The molecule has 0 aromatic rings. The van der Waals surface area contributed by atoms with E-state index in [0.717, 1.165) is 0 Å². The number of carbonyl (C=O) groups excluding carboxylic acids is 3. The van der Waals surface area contributed by atoms with E-state index in [0.29, 0.717) is 26.2 Å². The van der Waals surface area contributed by atoms with Crippen LogP contribution in [0.1, 0.15) is 13.8 Å². The van der Waals surface area contributed by atoms with Crippen LogP contribution < -0.4 is 11.1 Å². The average Bonchev–Trinajstić information content (AvgIpc) is 2.34. The zero-order valence-electron chi connectivity index (χ0n) is 10.8. The van der Waals surface area contributed by atoms with Crippen LogP contribution in [0.25, 0.3) is 0 Å². The van der Waals surface area contributed by atoms with E-state index in [4.69, 9.17) is 5.73 Å². The Labute approximate surface area is 106 Å². The zero-order chi connectivity index (χ0) is 13.7. The van der Waals surface area contributed by atoms with Crippen LogP contribution in [0.5, 0.6) is 0 Å². The average molecular weight is 256 g/mol. The van der Waals surface area contributed by atoms with Crippen LogP contribution in [0.15, 0.2) is 0 Å². The zero-order valence-corrected chi connectivity index (χ0v) is 10.8. The Kier molecular flexibility index (Phi) is 5.08. The molecule has 1 heterocycles. The second kappa shape index (κ2) is 6.34. The minimum Gasteiger partial charge on any atom is -0.368 e. The quantitative estimate of drug-likeness (QED) is 0.579. The molecule has 0 aliphatic carbocycles. The lowest BCUT2D eigenvalue weighted by Gasteiger charge is -2.30. The highest BCUT2D eigenvalue weighted by Crippen LogP contribution is 2.03. The summed E-state index contributed by atoms with van der Waals surface area (Å²) in [5, 5.41) is 3.10. The van der Waals surface area contributed by atoms with Crippen molar-refractivity contribution in [2.75, 3.05) is 32.7 Å². The third kappa shape index (κ3) is 3.69. The fraction of sp³-hybridized carbons (Fsp3) is 0.727. The molecule has 0 aromatic carbocycles. The van der Waals surface area contributed by atoms with E-state index in [1.165, 1.54) is 9.80 Å². The van der Waals surface area contributed by atoms with Crippen LogP contribution in [0, 0.1) is 0 Å². The fourth-order valence-electron chi connectivity index (χ4n) is 1.78. The van der Waals surface area contributed by atoms with Gasteiger partial charge in [0.25, 0.3) is 0 Å². The molecule has 7 heteroatoms. The van der Waals surface area contributed by atoms with Gasteiger partial charge >= 0.3 is 11.8 Å². The SMILES string of the molecule is CC(C)N(CC(N)=O)C(=O)C(=O)N1CCNCC1. The number of primary amides is 1. The third-order valence-corrected chi connectivity index (χ3v) is 2.80. The molecule has 7 nitrogen and oxygen atoms in total. The van der Waals surface area contributed by atoms with Crippen LogP contribution in [-0.4, -0.2) is 66.3 Å². The highest BCUT2D eigenvalue weighted by Gasteiger charge is 2.29. The van der Waals surface area contributed by atoms with Gasteiger partial charge in [0.15, 0.2) is 0 Å². The van der Waals surface area contributed by atoms with Gasteiger partial charge in [0.2, 0.25) is 5.91 Å². The molecular weight excluding hydrogens is 236 g/mol. The summed E-state index contributed by atoms with van der Waals surface area (Å²) in [4.78, 5) is 37.6. The van der Waals surface area contributed by atoms with Gasteiger partial charge in [-0.15, -0.1) is 0 Å². The van der Waals surface area contributed by atoms with E-state index >= 15 is 0 Å². The van der Waals surface area contributed by atoms with E-state index in [2.05, 4.69) is 5.32 Å². The van der Waals surface area contributed by atoms with E-state index < -0.39 is 17.7 Å². The maximum Gasteiger partial charge on any atom is 0.312 e. The summed E-state index contributed by atoms with van der Waals surface area (Å²) in [5.74, 6) is -1.85. The molecule has 18 heavy (non-hydrogen) atoms. The van der Waals surface area contributed by atoms with Gasteiger partial charge in [-0.2, -0.15) is 0 Å². The topological polar surface area (TPSA) is 95.7 Å². The van der Waals surface area contributed by atoms with E-state index in [1.54, 1.807) is 13.8 Å². The molecule has 102 valence electrons. The summed E-state index contributed by atoms with van der Waals surface area (Å²) < 4.78 is 0. The molecule has 3 N–H and O–H groups in total. The van der Waals surface area contributed by atoms with Gasteiger partial charge in [-0.3, -0.25) is 14.4 Å². The Bertz CT molecular complexity index is 337. The van der Waals surface area contributed by atoms with Crippen LogP contribution >= 0.6 is 0 Å². The minimum absolute atomic E-state index is 0.228. The van der Waals surface area contributed by atoms with Crippen molar-refractivity contribution < 1.29 is 14.4 Å². The van der Waals surface area contributed by atoms with Gasteiger partial charge < -0.3 is 20.9 Å². The number of nitrogens with one attached hydrogen (secondary N) is 1. The van der Waals surface area contributed by atoms with Crippen LogP contribution in [0.3, 0.4) is 0 Å². The number of carbonyl (C=O) groups is 3. The van der Waals surface area contributed by atoms with Gasteiger partial charge in [0.1, 0.15) is 6.54 Å². The largest absolute Gasteiger partial charge is 0.368 e. The molecule has 0 saturated carbocycles. The molecular formula is C11H20N4O3. The van der Waals surface area contributed by atoms with E-state index in [-0.39, 0.29) is 12.6 Å². The summed E-state index contributed by atoms with van der Waals surface area (Å²) in [5.41, 5.74) is 5.08. The smallest absolute Gasteiger partial charge is 0.312 e. The lowest BCUT2D eigenvalue weighted by Crippen LogP contribution is -2.54. The lowest BCUT2D eigenvalue weighted by molar-refractivity contribution is -0.154. The van der Waals surface area contributed by atoms with E-state index in [1.807, 2.05) is 0 Å². The molecule has 0 radical (unpaired) electrons. The highest BCUT2D eigenvalue weighted by molar-refractivity contribution is 6.35. The van der Waals surface area contributed by atoms with Crippen molar-refractivity contribution in [3.8, 4) is 0 Å². The molecule has 0 atom stereocenters. The maximum absolute atomic E-state index is 12.0. The summed E-state index contributed by atoms with van der Waals surface area (Å²) >= 11 is 0. The summed E-state index contributed by atoms with van der Waals surface area (Å²) in [6.45, 7) is 5.62. The van der Waals surface area contributed by atoms with Crippen molar-refractivity contribution in [3.63, 3.8) is 0 Å². The first-order valence-electron chi connectivity index (χ1n) is 6.02. The van der Waals surface area contributed by atoms with Crippen molar-refractivity contribution in [2.45, 2.75) is 19.9 Å². The number of piperazine rings is 1. The number of amides is 3. The fourth-order valence-corrected chi connectivity index (χ4v) is 1.78. The summed E-state index contributed by atoms with van der Waals surface area (Å²) in [6.07, 6.45) is 0. The summed E-state index contributed by atoms with van der Waals surface area (Å²) in [6, 6.07) is -0.239. The van der Waals surface area contributed by atoms with Crippen LogP contribution in [0.2, 0.25) is 0 Å². The molecule has 3 amide bonds. The van der Waals surface area contributed by atoms with Gasteiger partial charge in [-0.1, -0.05) is 0 Å². The Morgan fingerprint density at radius 1 is 1.28 bits per heavy atom. The first-order valence-corrected chi connectivity index (χ1v) is 6.02. The molecule has 1 rings (SSSR count). The Balaban J connectivity index is 2.69. The predicted octanol–water partition coefficient (Wildman–Crippen LogP) is -1.86. The van der Waals surface area contributed by atoms with Crippen molar-refractivity contribution in [1.29, 1.82) is 0 Å². The minimum atomic E-state index is -0.661. The second-order valence-corrected chi connectivity index (χ2v) is 4.54. The number of hydrogen-bond acceptors (Lipinski definition) is 4. The predicted molar refractivity (Wildman–Crippen MR) is 65.5 cm³/mol. The van der Waals surface area contributed by atoms with Gasteiger partial charge in [-0.25, -0.2) is 0 Å². The third-order valence-electron chi connectivity index (χ3n) is 2.80. The van der Waals surface area contributed by atoms with Crippen LogP contribution in [0.4, 0.5) is 0 Å². The first kappa shape index (κ1) is 14.4. The number of nitrogens with zero attached hydrogens (tertiary/aromatic N) is 2. The van der Waals surface area contributed by atoms with Crippen molar-refractivity contribution >= 4 is 17.7 Å². The monoisotopic (exact) mass is 256 g/mol. The van der Waals surface area contributed by atoms with Crippen molar-refractivity contribution in [1.82, 2.24) is 15.1 Å². The molecule has 1 aliphatic heterocycles. The number of nitrogens with two attached hydrogens (primary N) is 1. The molecule has 1 aliphatic rings. The number of rotatable bonds is 3. The maximum atomic E-state index is 12.0. The molecule has 1 fully saturated rings. The normalized spacial score (nSPS) is 15.6. The number of hydrogen-bond donors (Lipinski definition) is 2.